The van der Waals surface area contributed by atoms with Gasteiger partial charge in [0.15, 0.2) is 5.72 Å². The van der Waals surface area contributed by atoms with Gasteiger partial charge in [0.1, 0.15) is 5.75 Å². The summed E-state index contributed by atoms with van der Waals surface area (Å²) in [5.41, 5.74) is 3.44. The summed E-state index contributed by atoms with van der Waals surface area (Å²) in [5, 5.41) is 7.63. The lowest BCUT2D eigenvalue weighted by molar-refractivity contribution is -0.132. The summed E-state index contributed by atoms with van der Waals surface area (Å²) >= 11 is 0. The van der Waals surface area contributed by atoms with E-state index >= 15 is 0 Å². The highest BCUT2D eigenvalue weighted by Crippen LogP contribution is 2.50. The molecule has 0 bridgehead atoms. The number of para-hydroxylation sites is 1. The van der Waals surface area contributed by atoms with Crippen LogP contribution in [-0.2, 0) is 0 Å². The van der Waals surface area contributed by atoms with E-state index < -0.39 is 0 Å². The zero-order valence-corrected chi connectivity index (χ0v) is 18.1. The Morgan fingerprint density at radius 3 is 2.03 bits per heavy atom. The van der Waals surface area contributed by atoms with Gasteiger partial charge < -0.3 is 4.74 Å². The average Bonchev–Trinajstić information content (AvgIpc) is 3.24. The Bertz CT molecular complexity index is 863. The third kappa shape index (κ3) is 3.87. The van der Waals surface area contributed by atoms with E-state index in [4.69, 9.17) is 9.84 Å². The Hall–Kier alpha value is -2.29. The van der Waals surface area contributed by atoms with Crippen molar-refractivity contribution < 1.29 is 4.74 Å². The van der Waals surface area contributed by atoms with Crippen LogP contribution in [-0.4, -0.2) is 16.4 Å². The normalized spacial score (nSPS) is 24.1. The maximum atomic E-state index is 6.88. The zero-order chi connectivity index (χ0) is 20.2. The topological polar surface area (TPSA) is 24.8 Å². The van der Waals surface area contributed by atoms with Crippen molar-refractivity contribution in [3.05, 3.63) is 65.7 Å². The summed E-state index contributed by atoms with van der Waals surface area (Å²) < 4.78 is 6.88. The number of benzene rings is 2. The van der Waals surface area contributed by atoms with E-state index in [-0.39, 0.29) is 11.8 Å². The molecule has 2 aliphatic heterocycles. The summed E-state index contributed by atoms with van der Waals surface area (Å²) in [6, 6.07) is 19.7. The van der Waals surface area contributed by atoms with Crippen molar-refractivity contribution in [2.45, 2.75) is 88.8 Å². The van der Waals surface area contributed by atoms with E-state index in [0.717, 1.165) is 25.0 Å². The molecule has 2 heterocycles. The number of nitrogens with zero attached hydrogens (tertiary/aromatic N) is 2. The van der Waals surface area contributed by atoms with Gasteiger partial charge in [0, 0.05) is 24.8 Å². The van der Waals surface area contributed by atoms with E-state index in [0.29, 0.717) is 0 Å². The summed E-state index contributed by atoms with van der Waals surface area (Å²) in [6.07, 6.45) is 15.1. The van der Waals surface area contributed by atoms with Crippen molar-refractivity contribution in [1.29, 1.82) is 0 Å². The zero-order valence-electron chi connectivity index (χ0n) is 18.1. The maximum absolute atomic E-state index is 6.88. The molecule has 1 saturated carbocycles. The van der Waals surface area contributed by atoms with E-state index in [1.165, 1.54) is 74.6 Å². The fraction of sp³-hybridized carbons (Fsp3) is 0.519. The second-order valence-corrected chi connectivity index (χ2v) is 9.25. The number of hydrogen-bond acceptors (Lipinski definition) is 3. The van der Waals surface area contributed by atoms with Gasteiger partial charge in [-0.15, -0.1) is 0 Å². The molecule has 30 heavy (non-hydrogen) atoms. The van der Waals surface area contributed by atoms with Crippen LogP contribution in [0.4, 0.5) is 0 Å². The average molecular weight is 403 g/mol. The van der Waals surface area contributed by atoms with Crippen LogP contribution >= 0.6 is 0 Å². The maximum Gasteiger partial charge on any atom is 0.198 e. The van der Waals surface area contributed by atoms with Crippen LogP contribution in [0.25, 0.3) is 0 Å². The highest BCUT2D eigenvalue weighted by molar-refractivity contribution is 6.01. The fourth-order valence-corrected chi connectivity index (χ4v) is 5.53. The molecule has 0 saturated heterocycles. The highest BCUT2D eigenvalue weighted by atomic mass is 16.5. The molecule has 0 amide bonds. The standard InChI is InChI=1S/C27H34N2O/c1-2-4-6-13-19-27(20-14-7-5-3-1)29-25(23-17-11-12-18-26(23)30-27)21-24(28-29)22-15-9-8-10-16-22/h8-12,15-18,25H,1-7,13-14,19-21H2. The Morgan fingerprint density at radius 2 is 1.33 bits per heavy atom. The van der Waals surface area contributed by atoms with Gasteiger partial charge in [0.25, 0.3) is 0 Å². The lowest BCUT2D eigenvalue weighted by Crippen LogP contribution is -2.53. The highest BCUT2D eigenvalue weighted by Gasteiger charge is 2.49. The molecule has 1 atom stereocenters. The van der Waals surface area contributed by atoms with E-state index in [1.54, 1.807) is 0 Å². The van der Waals surface area contributed by atoms with Gasteiger partial charge in [-0.3, -0.25) is 0 Å². The minimum atomic E-state index is -0.297. The molecule has 1 fully saturated rings. The van der Waals surface area contributed by atoms with Crippen molar-refractivity contribution in [2.24, 2.45) is 5.10 Å². The third-order valence-electron chi connectivity index (χ3n) is 7.15. The molecule has 1 spiro atoms. The summed E-state index contributed by atoms with van der Waals surface area (Å²) in [4.78, 5) is 0. The Labute approximate surface area is 181 Å². The smallest absolute Gasteiger partial charge is 0.198 e. The first kappa shape index (κ1) is 19.7. The van der Waals surface area contributed by atoms with Crippen molar-refractivity contribution >= 4 is 5.71 Å². The van der Waals surface area contributed by atoms with Crippen molar-refractivity contribution in [3.63, 3.8) is 0 Å². The number of rotatable bonds is 1. The molecule has 2 aromatic rings. The van der Waals surface area contributed by atoms with Gasteiger partial charge in [-0.05, 0) is 24.5 Å². The molecule has 0 N–H and O–H groups in total. The Balaban J connectivity index is 1.51. The second kappa shape index (κ2) is 8.83. The summed E-state index contributed by atoms with van der Waals surface area (Å²) in [7, 11) is 0. The molecule has 0 aromatic heterocycles. The Morgan fingerprint density at radius 1 is 0.733 bits per heavy atom. The molecule has 1 aliphatic carbocycles. The van der Waals surface area contributed by atoms with Crippen LogP contribution in [0.1, 0.15) is 94.2 Å². The molecule has 0 radical (unpaired) electrons. The molecule has 2 aromatic carbocycles. The van der Waals surface area contributed by atoms with E-state index in [9.17, 15) is 0 Å². The van der Waals surface area contributed by atoms with Gasteiger partial charge in [-0.2, -0.15) is 5.10 Å². The minimum Gasteiger partial charge on any atom is -0.466 e. The van der Waals surface area contributed by atoms with Gasteiger partial charge in [0.2, 0.25) is 0 Å². The van der Waals surface area contributed by atoms with Crippen molar-refractivity contribution in [1.82, 2.24) is 5.01 Å². The SMILES string of the molecule is c1ccc(C2=NN3C(C2)c2ccccc2OC32CCCCCCCCCCC2)cc1. The van der Waals surface area contributed by atoms with Gasteiger partial charge in [-0.1, -0.05) is 93.5 Å². The number of hydrogen-bond donors (Lipinski definition) is 0. The lowest BCUT2D eigenvalue weighted by Gasteiger charge is -2.48. The van der Waals surface area contributed by atoms with E-state index in [2.05, 4.69) is 59.6 Å². The molecule has 3 heteroatoms. The van der Waals surface area contributed by atoms with Gasteiger partial charge in [-0.25, -0.2) is 5.01 Å². The third-order valence-corrected chi connectivity index (χ3v) is 7.15. The lowest BCUT2D eigenvalue weighted by atomic mass is 9.89. The quantitative estimate of drug-likeness (QED) is 0.502. The van der Waals surface area contributed by atoms with Crippen LogP contribution in [0, 0.1) is 0 Å². The molecule has 5 rings (SSSR count). The number of hydrazone groups is 1. The van der Waals surface area contributed by atoms with E-state index in [1.807, 2.05) is 0 Å². The first-order chi connectivity index (χ1) is 14.9. The van der Waals surface area contributed by atoms with Crippen LogP contribution in [0.2, 0.25) is 0 Å². The minimum absolute atomic E-state index is 0.290. The predicted octanol–water partition coefficient (Wildman–Crippen LogP) is 7.23. The monoisotopic (exact) mass is 402 g/mol. The van der Waals surface area contributed by atoms with Crippen molar-refractivity contribution in [3.8, 4) is 5.75 Å². The van der Waals surface area contributed by atoms with Crippen LogP contribution in [0.5, 0.6) is 5.75 Å². The number of ether oxygens (including phenoxy) is 1. The fourth-order valence-electron chi connectivity index (χ4n) is 5.53. The first-order valence-electron chi connectivity index (χ1n) is 12.1. The summed E-state index contributed by atoms with van der Waals surface area (Å²) in [5.74, 6) is 1.08. The molecule has 1 unspecified atom stereocenters. The molecular formula is C27H34N2O. The Kier molecular flexibility index (Phi) is 5.79. The van der Waals surface area contributed by atoms with Crippen LogP contribution < -0.4 is 4.74 Å². The van der Waals surface area contributed by atoms with Crippen LogP contribution in [0.15, 0.2) is 59.7 Å². The first-order valence-corrected chi connectivity index (χ1v) is 12.1. The number of fused-ring (bicyclic) bond motifs is 4. The summed E-state index contributed by atoms with van der Waals surface area (Å²) in [6.45, 7) is 0. The van der Waals surface area contributed by atoms with Gasteiger partial charge >= 0.3 is 0 Å². The largest absolute Gasteiger partial charge is 0.466 e. The second-order valence-electron chi connectivity index (χ2n) is 9.25. The van der Waals surface area contributed by atoms with Crippen LogP contribution in [0.3, 0.4) is 0 Å². The molecule has 3 nitrogen and oxygen atoms in total. The molecular weight excluding hydrogens is 368 g/mol. The van der Waals surface area contributed by atoms with Gasteiger partial charge in [0.05, 0.1) is 11.8 Å². The van der Waals surface area contributed by atoms with Crippen molar-refractivity contribution in [2.75, 3.05) is 0 Å². The molecule has 158 valence electrons. The predicted molar refractivity (Wildman–Crippen MR) is 123 cm³/mol. The molecule has 3 aliphatic rings.